The molecule has 0 spiro atoms. The quantitative estimate of drug-likeness (QED) is 0.757. The lowest BCUT2D eigenvalue weighted by molar-refractivity contribution is -0.121. The molecule has 0 aliphatic rings. The van der Waals surface area contributed by atoms with Crippen LogP contribution in [0.2, 0.25) is 0 Å². The number of hydrogen-bond donors (Lipinski definition) is 1. The van der Waals surface area contributed by atoms with Crippen molar-refractivity contribution in [1.82, 2.24) is 9.88 Å². The first-order valence-corrected chi connectivity index (χ1v) is 5.11. The molecule has 0 saturated heterocycles. The molecule has 1 heterocycles. The summed E-state index contributed by atoms with van der Waals surface area (Å²) < 4.78 is 2.08. The zero-order valence-electron chi connectivity index (χ0n) is 8.92. The largest absolute Gasteiger partial charge is 0.356 e. The van der Waals surface area contributed by atoms with Gasteiger partial charge in [-0.05, 0) is 18.6 Å². The van der Waals surface area contributed by atoms with Crippen molar-refractivity contribution >= 4 is 5.91 Å². The third-order valence-corrected chi connectivity index (χ3v) is 2.23. The van der Waals surface area contributed by atoms with Crippen LogP contribution in [0.15, 0.2) is 18.3 Å². The molecule has 0 atom stereocenters. The minimum absolute atomic E-state index is 0.154. The van der Waals surface area contributed by atoms with E-state index < -0.39 is 0 Å². The van der Waals surface area contributed by atoms with E-state index >= 15 is 0 Å². The molecular formula is C11H18N2O. The SMILES string of the molecule is CCCC(=O)NCCc1cccn1C. The molecule has 1 aromatic rings. The lowest BCUT2D eigenvalue weighted by atomic mass is 10.3. The summed E-state index contributed by atoms with van der Waals surface area (Å²) in [6, 6.07) is 4.09. The molecule has 0 aliphatic heterocycles. The fraction of sp³-hybridized carbons (Fsp3) is 0.545. The number of nitrogens with one attached hydrogen (secondary N) is 1. The molecule has 14 heavy (non-hydrogen) atoms. The minimum atomic E-state index is 0.154. The lowest BCUT2D eigenvalue weighted by Crippen LogP contribution is -2.25. The molecule has 3 nitrogen and oxygen atoms in total. The van der Waals surface area contributed by atoms with Crippen LogP contribution in [0.4, 0.5) is 0 Å². The molecule has 0 bridgehead atoms. The summed E-state index contributed by atoms with van der Waals surface area (Å²) in [7, 11) is 2.02. The average Bonchev–Trinajstić information content (AvgIpc) is 2.52. The number of rotatable bonds is 5. The van der Waals surface area contributed by atoms with Gasteiger partial charge in [0.05, 0.1) is 0 Å². The highest BCUT2D eigenvalue weighted by atomic mass is 16.1. The first-order chi connectivity index (χ1) is 6.74. The van der Waals surface area contributed by atoms with Crippen LogP contribution in [-0.4, -0.2) is 17.0 Å². The summed E-state index contributed by atoms with van der Waals surface area (Å²) in [5.41, 5.74) is 1.25. The molecule has 0 aromatic carbocycles. The van der Waals surface area contributed by atoms with Crippen molar-refractivity contribution in [2.45, 2.75) is 26.2 Å². The van der Waals surface area contributed by atoms with Gasteiger partial charge >= 0.3 is 0 Å². The predicted molar refractivity (Wildman–Crippen MR) is 57.0 cm³/mol. The summed E-state index contributed by atoms with van der Waals surface area (Å²) in [5.74, 6) is 0.154. The number of carbonyl (C=O) groups excluding carboxylic acids is 1. The van der Waals surface area contributed by atoms with Crippen molar-refractivity contribution in [1.29, 1.82) is 0 Å². The summed E-state index contributed by atoms with van der Waals surface area (Å²) in [6.07, 6.45) is 4.46. The first-order valence-electron chi connectivity index (χ1n) is 5.11. The molecule has 1 N–H and O–H groups in total. The van der Waals surface area contributed by atoms with Gasteiger partial charge in [-0.2, -0.15) is 0 Å². The number of nitrogens with zero attached hydrogens (tertiary/aromatic N) is 1. The van der Waals surface area contributed by atoms with Gasteiger partial charge in [0.25, 0.3) is 0 Å². The monoisotopic (exact) mass is 194 g/mol. The van der Waals surface area contributed by atoms with Crippen LogP contribution < -0.4 is 5.32 Å². The second kappa shape index (κ2) is 5.47. The van der Waals surface area contributed by atoms with Crippen LogP contribution in [-0.2, 0) is 18.3 Å². The molecule has 78 valence electrons. The van der Waals surface area contributed by atoms with E-state index in [9.17, 15) is 4.79 Å². The fourth-order valence-corrected chi connectivity index (χ4v) is 1.40. The van der Waals surface area contributed by atoms with Crippen molar-refractivity contribution in [2.24, 2.45) is 7.05 Å². The normalized spacial score (nSPS) is 10.1. The Hall–Kier alpha value is -1.25. The zero-order valence-corrected chi connectivity index (χ0v) is 8.92. The van der Waals surface area contributed by atoms with Gasteiger partial charge in [0.1, 0.15) is 0 Å². The summed E-state index contributed by atoms with van der Waals surface area (Å²) in [4.78, 5) is 11.1. The van der Waals surface area contributed by atoms with E-state index in [1.165, 1.54) is 5.69 Å². The lowest BCUT2D eigenvalue weighted by Gasteiger charge is -2.05. The molecule has 0 unspecified atom stereocenters. The number of carbonyl (C=O) groups is 1. The maximum absolute atomic E-state index is 11.1. The van der Waals surface area contributed by atoms with Gasteiger partial charge in [-0.3, -0.25) is 4.79 Å². The molecule has 0 saturated carbocycles. The Bertz CT molecular complexity index is 291. The first kappa shape index (κ1) is 10.8. The summed E-state index contributed by atoms with van der Waals surface area (Å²) >= 11 is 0. The fourth-order valence-electron chi connectivity index (χ4n) is 1.40. The van der Waals surface area contributed by atoms with E-state index in [0.717, 1.165) is 19.4 Å². The number of aromatic nitrogens is 1. The van der Waals surface area contributed by atoms with Crippen molar-refractivity contribution in [3.8, 4) is 0 Å². The van der Waals surface area contributed by atoms with Gasteiger partial charge in [0.15, 0.2) is 0 Å². The minimum Gasteiger partial charge on any atom is -0.356 e. The highest BCUT2D eigenvalue weighted by Crippen LogP contribution is 1.99. The molecule has 1 aromatic heterocycles. The van der Waals surface area contributed by atoms with Crippen LogP contribution in [0.25, 0.3) is 0 Å². The van der Waals surface area contributed by atoms with Crippen molar-refractivity contribution in [3.05, 3.63) is 24.0 Å². The highest BCUT2D eigenvalue weighted by molar-refractivity contribution is 5.75. The van der Waals surface area contributed by atoms with Crippen LogP contribution in [0.5, 0.6) is 0 Å². The van der Waals surface area contributed by atoms with Gasteiger partial charge in [0.2, 0.25) is 5.91 Å². The maximum atomic E-state index is 11.1. The molecule has 1 rings (SSSR count). The third kappa shape index (κ3) is 3.24. The molecule has 0 fully saturated rings. The van der Waals surface area contributed by atoms with Crippen LogP contribution in [0.1, 0.15) is 25.5 Å². The standard InChI is InChI=1S/C11H18N2O/c1-3-5-11(14)12-8-7-10-6-4-9-13(10)2/h4,6,9H,3,5,7-8H2,1-2H3,(H,12,14). The molecule has 1 amide bonds. The third-order valence-electron chi connectivity index (χ3n) is 2.23. The Morgan fingerprint density at radius 3 is 2.93 bits per heavy atom. The van der Waals surface area contributed by atoms with E-state index in [2.05, 4.69) is 16.0 Å². The topological polar surface area (TPSA) is 34.0 Å². The van der Waals surface area contributed by atoms with Crippen LogP contribution >= 0.6 is 0 Å². The van der Waals surface area contributed by atoms with E-state index in [4.69, 9.17) is 0 Å². The average molecular weight is 194 g/mol. The predicted octanol–water partition coefficient (Wildman–Crippen LogP) is 1.48. The number of amides is 1. The van der Waals surface area contributed by atoms with Gasteiger partial charge < -0.3 is 9.88 Å². The van der Waals surface area contributed by atoms with E-state index in [1.807, 2.05) is 26.2 Å². The second-order valence-corrected chi connectivity index (χ2v) is 3.46. The second-order valence-electron chi connectivity index (χ2n) is 3.46. The number of aryl methyl sites for hydroxylation is 1. The van der Waals surface area contributed by atoms with Crippen molar-refractivity contribution in [2.75, 3.05) is 6.54 Å². The van der Waals surface area contributed by atoms with Gasteiger partial charge in [-0.25, -0.2) is 0 Å². The van der Waals surface area contributed by atoms with Gasteiger partial charge in [-0.1, -0.05) is 6.92 Å². The van der Waals surface area contributed by atoms with Crippen LogP contribution in [0, 0.1) is 0 Å². The smallest absolute Gasteiger partial charge is 0.219 e. The Morgan fingerprint density at radius 2 is 2.36 bits per heavy atom. The van der Waals surface area contributed by atoms with Crippen molar-refractivity contribution < 1.29 is 4.79 Å². The Kier molecular flexibility index (Phi) is 4.23. The molecule has 0 aliphatic carbocycles. The van der Waals surface area contributed by atoms with E-state index in [-0.39, 0.29) is 5.91 Å². The summed E-state index contributed by atoms with van der Waals surface area (Å²) in [6.45, 7) is 2.74. The van der Waals surface area contributed by atoms with Gasteiger partial charge in [-0.15, -0.1) is 0 Å². The van der Waals surface area contributed by atoms with Crippen molar-refractivity contribution in [3.63, 3.8) is 0 Å². The Morgan fingerprint density at radius 1 is 1.57 bits per heavy atom. The molecule has 0 radical (unpaired) electrons. The number of hydrogen-bond acceptors (Lipinski definition) is 1. The van der Waals surface area contributed by atoms with E-state index in [0.29, 0.717) is 6.42 Å². The maximum Gasteiger partial charge on any atom is 0.219 e. The summed E-state index contributed by atoms with van der Waals surface area (Å²) in [5, 5.41) is 2.90. The Labute approximate surface area is 85.1 Å². The van der Waals surface area contributed by atoms with E-state index in [1.54, 1.807) is 0 Å². The van der Waals surface area contributed by atoms with Gasteiger partial charge in [0, 0.05) is 38.3 Å². The molecule has 3 heteroatoms. The molecular weight excluding hydrogens is 176 g/mol. The highest BCUT2D eigenvalue weighted by Gasteiger charge is 2.00. The Balaban J connectivity index is 2.22. The zero-order chi connectivity index (χ0) is 10.4. The van der Waals surface area contributed by atoms with Crippen LogP contribution in [0.3, 0.4) is 0 Å².